The Morgan fingerprint density at radius 2 is 1.85 bits per heavy atom. The first-order valence-corrected chi connectivity index (χ1v) is 10.4. The number of fused-ring (bicyclic) bond motifs is 1. The summed E-state index contributed by atoms with van der Waals surface area (Å²) in [6.45, 7) is 2.46. The number of aliphatic hydroxyl groups excluding tert-OH is 1. The van der Waals surface area contributed by atoms with E-state index in [4.69, 9.17) is 0 Å². The standard InChI is InChI=1S/C23H25NO2S/c1-16(25)20-10-11-21(27-20)23(12-4-5-13-23)15-24-22(26)19-9-8-17-6-2-3-7-18(17)14-19/h2-3,6-11,14,16,25H,4-5,12-13,15H2,1H3,(H,24,26). The largest absolute Gasteiger partial charge is 0.388 e. The Hall–Kier alpha value is -2.17. The van der Waals surface area contributed by atoms with E-state index < -0.39 is 6.10 Å². The molecule has 1 saturated carbocycles. The van der Waals surface area contributed by atoms with Gasteiger partial charge >= 0.3 is 0 Å². The Kier molecular flexibility index (Phi) is 5.02. The van der Waals surface area contributed by atoms with Crippen molar-refractivity contribution in [1.82, 2.24) is 5.32 Å². The second-order valence-corrected chi connectivity index (χ2v) is 8.73. The molecular formula is C23H25NO2S. The molecule has 0 bridgehead atoms. The molecule has 27 heavy (non-hydrogen) atoms. The van der Waals surface area contributed by atoms with E-state index in [0.717, 1.165) is 28.5 Å². The van der Waals surface area contributed by atoms with Crippen molar-refractivity contribution in [2.24, 2.45) is 0 Å². The lowest BCUT2D eigenvalue weighted by Gasteiger charge is -2.28. The summed E-state index contributed by atoms with van der Waals surface area (Å²) in [4.78, 5) is 15.1. The Morgan fingerprint density at radius 3 is 2.56 bits per heavy atom. The molecule has 1 unspecified atom stereocenters. The Labute approximate surface area is 164 Å². The Morgan fingerprint density at radius 1 is 1.11 bits per heavy atom. The highest BCUT2D eigenvalue weighted by molar-refractivity contribution is 7.12. The Balaban J connectivity index is 1.52. The van der Waals surface area contributed by atoms with Gasteiger partial charge in [-0.1, -0.05) is 43.2 Å². The predicted molar refractivity (Wildman–Crippen MR) is 111 cm³/mol. The van der Waals surface area contributed by atoms with Gasteiger partial charge in [-0.05, 0) is 54.8 Å². The number of amides is 1. The van der Waals surface area contributed by atoms with Crippen LogP contribution in [0.25, 0.3) is 10.8 Å². The lowest BCUT2D eigenvalue weighted by molar-refractivity contribution is 0.0943. The Bertz CT molecular complexity index is 954. The minimum atomic E-state index is -0.436. The van der Waals surface area contributed by atoms with Gasteiger partial charge in [-0.15, -0.1) is 11.3 Å². The lowest BCUT2D eigenvalue weighted by Crippen LogP contribution is -2.38. The smallest absolute Gasteiger partial charge is 0.251 e. The molecule has 0 radical (unpaired) electrons. The van der Waals surface area contributed by atoms with Crippen molar-refractivity contribution in [2.75, 3.05) is 6.54 Å². The van der Waals surface area contributed by atoms with Crippen molar-refractivity contribution in [2.45, 2.75) is 44.1 Å². The highest BCUT2D eigenvalue weighted by Gasteiger charge is 2.37. The van der Waals surface area contributed by atoms with E-state index in [1.807, 2.05) is 42.5 Å². The zero-order valence-electron chi connectivity index (χ0n) is 15.6. The van der Waals surface area contributed by atoms with E-state index in [2.05, 4.69) is 17.4 Å². The lowest BCUT2D eigenvalue weighted by atomic mass is 9.84. The van der Waals surface area contributed by atoms with Crippen molar-refractivity contribution in [3.8, 4) is 0 Å². The van der Waals surface area contributed by atoms with Crippen molar-refractivity contribution in [3.05, 3.63) is 69.9 Å². The normalized spacial score (nSPS) is 17.1. The summed E-state index contributed by atoms with van der Waals surface area (Å²) in [5.41, 5.74) is 0.710. The number of hydrogen-bond acceptors (Lipinski definition) is 3. The minimum absolute atomic E-state index is 0.00428. The van der Waals surface area contributed by atoms with Crippen LogP contribution in [0.15, 0.2) is 54.6 Å². The average Bonchev–Trinajstić information content (AvgIpc) is 3.36. The average molecular weight is 380 g/mol. The summed E-state index contributed by atoms with van der Waals surface area (Å²) in [5.74, 6) is -0.0145. The predicted octanol–water partition coefficient (Wildman–Crippen LogP) is 5.20. The number of hydrogen-bond donors (Lipinski definition) is 2. The molecule has 1 atom stereocenters. The van der Waals surface area contributed by atoms with E-state index in [1.54, 1.807) is 18.3 Å². The molecule has 1 aromatic heterocycles. The number of carbonyl (C=O) groups is 1. The number of benzene rings is 2. The summed E-state index contributed by atoms with van der Waals surface area (Å²) >= 11 is 1.69. The maximum atomic E-state index is 12.8. The highest BCUT2D eigenvalue weighted by Crippen LogP contribution is 2.44. The van der Waals surface area contributed by atoms with Gasteiger partial charge < -0.3 is 10.4 Å². The fraction of sp³-hybridized carbons (Fsp3) is 0.348. The van der Waals surface area contributed by atoms with Crippen molar-refractivity contribution < 1.29 is 9.90 Å². The van der Waals surface area contributed by atoms with E-state index in [9.17, 15) is 9.90 Å². The third-order valence-corrected chi connectivity index (χ3v) is 7.22. The number of aliphatic hydroxyl groups is 1. The summed E-state index contributed by atoms with van der Waals surface area (Å²) in [7, 11) is 0. The van der Waals surface area contributed by atoms with Gasteiger partial charge in [-0.2, -0.15) is 0 Å². The summed E-state index contributed by atoms with van der Waals surface area (Å²) in [6.07, 6.45) is 4.12. The molecule has 0 saturated heterocycles. The molecule has 3 nitrogen and oxygen atoms in total. The zero-order valence-corrected chi connectivity index (χ0v) is 16.4. The zero-order chi connectivity index (χ0) is 18.9. The second-order valence-electron chi connectivity index (χ2n) is 7.61. The number of rotatable bonds is 5. The summed E-state index contributed by atoms with van der Waals surface area (Å²) in [6, 6.07) is 18.1. The fourth-order valence-corrected chi connectivity index (χ4v) is 5.30. The fourth-order valence-electron chi connectivity index (χ4n) is 4.11. The van der Waals surface area contributed by atoms with Crippen LogP contribution >= 0.6 is 11.3 Å². The molecule has 1 fully saturated rings. The molecule has 2 N–H and O–H groups in total. The minimum Gasteiger partial charge on any atom is -0.388 e. The third kappa shape index (κ3) is 3.64. The molecule has 4 heteroatoms. The van der Waals surface area contributed by atoms with Crippen molar-refractivity contribution in [3.63, 3.8) is 0 Å². The van der Waals surface area contributed by atoms with Crippen LogP contribution < -0.4 is 5.32 Å². The summed E-state index contributed by atoms with van der Waals surface area (Å²) in [5, 5.41) is 15.3. The van der Waals surface area contributed by atoms with Crippen LogP contribution in [0.5, 0.6) is 0 Å². The molecule has 3 aromatic rings. The van der Waals surface area contributed by atoms with Crippen molar-refractivity contribution in [1.29, 1.82) is 0 Å². The first kappa shape index (κ1) is 18.2. The van der Waals surface area contributed by atoms with Gasteiger partial charge in [0, 0.05) is 27.3 Å². The number of nitrogens with one attached hydrogen (secondary N) is 1. The molecule has 140 valence electrons. The van der Waals surface area contributed by atoms with Crippen LogP contribution in [0.2, 0.25) is 0 Å². The molecule has 1 amide bonds. The quantitative estimate of drug-likeness (QED) is 0.640. The van der Waals surface area contributed by atoms with E-state index in [0.29, 0.717) is 12.1 Å². The molecular weight excluding hydrogens is 354 g/mol. The van der Waals surface area contributed by atoms with Crippen LogP contribution in [-0.4, -0.2) is 17.6 Å². The molecule has 0 aliphatic heterocycles. The van der Waals surface area contributed by atoms with Gasteiger partial charge in [-0.3, -0.25) is 4.79 Å². The van der Waals surface area contributed by atoms with E-state index in [-0.39, 0.29) is 11.3 Å². The first-order chi connectivity index (χ1) is 13.1. The molecule has 4 rings (SSSR count). The maximum absolute atomic E-state index is 12.8. The summed E-state index contributed by atoms with van der Waals surface area (Å²) < 4.78 is 0. The molecule has 1 aliphatic rings. The number of carbonyl (C=O) groups excluding carboxylic acids is 1. The maximum Gasteiger partial charge on any atom is 0.251 e. The van der Waals surface area contributed by atoms with Crippen LogP contribution in [0.3, 0.4) is 0 Å². The van der Waals surface area contributed by atoms with Crippen LogP contribution in [0, 0.1) is 0 Å². The first-order valence-electron chi connectivity index (χ1n) is 9.63. The topological polar surface area (TPSA) is 49.3 Å². The SMILES string of the molecule is CC(O)c1ccc(C2(CNC(=O)c3ccc4ccccc4c3)CCCC2)s1. The third-order valence-electron chi connectivity index (χ3n) is 5.72. The van der Waals surface area contributed by atoms with Gasteiger partial charge in [0.2, 0.25) is 0 Å². The second kappa shape index (κ2) is 7.45. The molecule has 2 aromatic carbocycles. The number of thiophene rings is 1. The van der Waals surface area contributed by atoms with E-state index in [1.165, 1.54) is 17.7 Å². The van der Waals surface area contributed by atoms with Gasteiger partial charge in [0.15, 0.2) is 0 Å². The van der Waals surface area contributed by atoms with Gasteiger partial charge in [0.05, 0.1) is 6.10 Å². The van der Waals surface area contributed by atoms with Gasteiger partial charge in [-0.25, -0.2) is 0 Å². The van der Waals surface area contributed by atoms with Crippen LogP contribution in [0.1, 0.15) is 58.8 Å². The van der Waals surface area contributed by atoms with Crippen LogP contribution in [0.4, 0.5) is 0 Å². The van der Waals surface area contributed by atoms with Crippen molar-refractivity contribution >= 4 is 28.0 Å². The van der Waals surface area contributed by atoms with Gasteiger partial charge in [0.1, 0.15) is 0 Å². The van der Waals surface area contributed by atoms with Crippen LogP contribution in [-0.2, 0) is 5.41 Å². The molecule has 0 spiro atoms. The molecule has 1 aliphatic carbocycles. The van der Waals surface area contributed by atoms with E-state index >= 15 is 0 Å². The monoisotopic (exact) mass is 379 g/mol. The van der Waals surface area contributed by atoms with Gasteiger partial charge in [0.25, 0.3) is 5.91 Å². The highest BCUT2D eigenvalue weighted by atomic mass is 32.1. The molecule has 1 heterocycles.